The summed E-state index contributed by atoms with van der Waals surface area (Å²) in [5.74, 6) is -0.000331. The maximum Gasteiger partial charge on any atom is 0.252 e. The van der Waals surface area contributed by atoms with Crippen molar-refractivity contribution in [3.05, 3.63) is 52.3 Å². The summed E-state index contributed by atoms with van der Waals surface area (Å²) < 4.78 is 2.08. The molecular formula is C21H26ClN3O2. The Hall–Kier alpha value is -2.27. The van der Waals surface area contributed by atoms with Gasteiger partial charge in [0.15, 0.2) is 0 Å². The SMILES string of the molecule is Cc1ccc(C)n1-c1ccc(Cl)c(C(=O)NCCNC(=O)C2CCCC2)c1. The zero-order valence-corrected chi connectivity index (χ0v) is 16.6. The smallest absolute Gasteiger partial charge is 0.252 e. The summed E-state index contributed by atoms with van der Waals surface area (Å²) in [4.78, 5) is 24.5. The fraction of sp³-hybridized carbons (Fsp3) is 0.429. The zero-order chi connectivity index (χ0) is 19.4. The van der Waals surface area contributed by atoms with E-state index in [1.54, 1.807) is 12.1 Å². The van der Waals surface area contributed by atoms with Crippen LogP contribution in [0.3, 0.4) is 0 Å². The van der Waals surface area contributed by atoms with E-state index in [0.717, 1.165) is 42.8 Å². The molecule has 1 fully saturated rings. The van der Waals surface area contributed by atoms with E-state index in [-0.39, 0.29) is 17.7 Å². The maximum atomic E-state index is 12.5. The molecule has 2 amide bonds. The minimum Gasteiger partial charge on any atom is -0.354 e. The number of hydrogen-bond donors (Lipinski definition) is 2. The first-order valence-electron chi connectivity index (χ1n) is 9.48. The minimum absolute atomic E-state index is 0.0975. The number of nitrogens with zero attached hydrogens (tertiary/aromatic N) is 1. The molecule has 2 N–H and O–H groups in total. The van der Waals surface area contributed by atoms with Gasteiger partial charge in [-0.05, 0) is 57.0 Å². The van der Waals surface area contributed by atoms with Gasteiger partial charge in [0.2, 0.25) is 5.91 Å². The lowest BCUT2D eigenvalue weighted by Gasteiger charge is -2.13. The van der Waals surface area contributed by atoms with E-state index in [1.165, 1.54) is 0 Å². The van der Waals surface area contributed by atoms with Crippen LogP contribution in [0, 0.1) is 19.8 Å². The van der Waals surface area contributed by atoms with Crippen molar-refractivity contribution in [1.82, 2.24) is 15.2 Å². The summed E-state index contributed by atoms with van der Waals surface area (Å²) in [7, 11) is 0. The van der Waals surface area contributed by atoms with Crippen LogP contribution in [-0.2, 0) is 4.79 Å². The van der Waals surface area contributed by atoms with E-state index in [4.69, 9.17) is 11.6 Å². The molecule has 1 aliphatic carbocycles. The van der Waals surface area contributed by atoms with Crippen LogP contribution >= 0.6 is 11.6 Å². The summed E-state index contributed by atoms with van der Waals surface area (Å²) >= 11 is 6.24. The fourth-order valence-corrected chi connectivity index (χ4v) is 3.89. The number of aromatic nitrogens is 1. The highest BCUT2D eigenvalue weighted by atomic mass is 35.5. The molecule has 1 aliphatic rings. The second kappa shape index (κ2) is 8.61. The molecule has 1 heterocycles. The fourth-order valence-electron chi connectivity index (χ4n) is 3.69. The minimum atomic E-state index is -0.237. The molecule has 5 nitrogen and oxygen atoms in total. The Morgan fingerprint density at radius 2 is 1.67 bits per heavy atom. The van der Waals surface area contributed by atoms with Crippen molar-refractivity contribution >= 4 is 23.4 Å². The number of nitrogens with one attached hydrogen (secondary N) is 2. The molecule has 6 heteroatoms. The van der Waals surface area contributed by atoms with Crippen molar-refractivity contribution in [2.45, 2.75) is 39.5 Å². The van der Waals surface area contributed by atoms with Gasteiger partial charge in [0, 0.05) is 36.1 Å². The number of halogens is 1. The molecule has 3 rings (SSSR count). The molecule has 27 heavy (non-hydrogen) atoms. The van der Waals surface area contributed by atoms with Gasteiger partial charge in [-0.2, -0.15) is 0 Å². The largest absolute Gasteiger partial charge is 0.354 e. The summed E-state index contributed by atoms with van der Waals surface area (Å²) in [6.45, 7) is 4.84. The number of aryl methyl sites for hydroxylation is 2. The van der Waals surface area contributed by atoms with Gasteiger partial charge in [-0.1, -0.05) is 24.4 Å². The number of amides is 2. The van der Waals surface area contributed by atoms with E-state index in [9.17, 15) is 9.59 Å². The lowest BCUT2D eigenvalue weighted by molar-refractivity contribution is -0.124. The van der Waals surface area contributed by atoms with Crippen LogP contribution in [0.5, 0.6) is 0 Å². The molecule has 0 saturated heterocycles. The number of hydrogen-bond acceptors (Lipinski definition) is 2. The molecule has 0 bridgehead atoms. The number of rotatable bonds is 6. The summed E-state index contributed by atoms with van der Waals surface area (Å²) in [5.41, 5.74) is 3.52. The van der Waals surface area contributed by atoms with Crippen molar-refractivity contribution < 1.29 is 9.59 Å². The van der Waals surface area contributed by atoms with E-state index < -0.39 is 0 Å². The molecule has 0 aliphatic heterocycles. The predicted molar refractivity (Wildman–Crippen MR) is 108 cm³/mol. The van der Waals surface area contributed by atoms with Gasteiger partial charge >= 0.3 is 0 Å². The Kier molecular flexibility index (Phi) is 6.22. The Morgan fingerprint density at radius 1 is 1.04 bits per heavy atom. The molecule has 0 unspecified atom stereocenters. The molecule has 0 radical (unpaired) electrons. The van der Waals surface area contributed by atoms with Crippen LogP contribution in [-0.4, -0.2) is 29.5 Å². The Balaban J connectivity index is 1.59. The second-order valence-electron chi connectivity index (χ2n) is 7.14. The maximum absolute atomic E-state index is 12.5. The number of carbonyl (C=O) groups excluding carboxylic acids is 2. The molecule has 0 atom stereocenters. The van der Waals surface area contributed by atoms with Crippen molar-refractivity contribution in [3.63, 3.8) is 0 Å². The zero-order valence-electron chi connectivity index (χ0n) is 15.8. The van der Waals surface area contributed by atoms with Gasteiger partial charge in [0.05, 0.1) is 10.6 Å². The highest BCUT2D eigenvalue weighted by Crippen LogP contribution is 2.25. The van der Waals surface area contributed by atoms with E-state index >= 15 is 0 Å². The van der Waals surface area contributed by atoms with Crippen molar-refractivity contribution in [3.8, 4) is 5.69 Å². The van der Waals surface area contributed by atoms with Gasteiger partial charge in [-0.15, -0.1) is 0 Å². The Morgan fingerprint density at radius 3 is 2.33 bits per heavy atom. The van der Waals surface area contributed by atoms with E-state index in [2.05, 4.69) is 15.2 Å². The standard InChI is InChI=1S/C21H26ClN3O2/c1-14-7-8-15(2)25(14)17-9-10-19(22)18(13-17)21(27)24-12-11-23-20(26)16-5-3-4-6-16/h7-10,13,16H,3-6,11-12H2,1-2H3,(H,23,26)(H,24,27). The van der Waals surface area contributed by atoms with Crippen LogP contribution in [0.2, 0.25) is 5.02 Å². The average Bonchev–Trinajstić information content (AvgIpc) is 3.29. The lowest BCUT2D eigenvalue weighted by atomic mass is 10.1. The van der Waals surface area contributed by atoms with Gasteiger partial charge in [0.1, 0.15) is 0 Å². The molecule has 144 valence electrons. The second-order valence-corrected chi connectivity index (χ2v) is 7.55. The normalized spacial score (nSPS) is 14.3. The predicted octanol–water partition coefficient (Wildman–Crippen LogP) is 3.78. The first-order chi connectivity index (χ1) is 13.0. The molecule has 1 saturated carbocycles. The highest BCUT2D eigenvalue weighted by molar-refractivity contribution is 6.33. The third kappa shape index (κ3) is 4.53. The lowest BCUT2D eigenvalue weighted by Crippen LogP contribution is -2.37. The monoisotopic (exact) mass is 387 g/mol. The Bertz CT molecular complexity index is 818. The summed E-state index contributed by atoms with van der Waals surface area (Å²) in [5, 5.41) is 6.15. The third-order valence-corrected chi connectivity index (χ3v) is 5.49. The van der Waals surface area contributed by atoms with Crippen LogP contribution in [0.25, 0.3) is 5.69 Å². The molecular weight excluding hydrogens is 362 g/mol. The van der Waals surface area contributed by atoms with Gasteiger partial charge < -0.3 is 15.2 Å². The third-order valence-electron chi connectivity index (χ3n) is 5.16. The quantitative estimate of drug-likeness (QED) is 0.741. The van der Waals surface area contributed by atoms with E-state index in [0.29, 0.717) is 23.7 Å². The first-order valence-corrected chi connectivity index (χ1v) is 9.86. The Labute approximate surface area is 165 Å². The van der Waals surface area contributed by atoms with Crippen molar-refractivity contribution in [2.75, 3.05) is 13.1 Å². The van der Waals surface area contributed by atoms with Crippen LogP contribution in [0.1, 0.15) is 47.4 Å². The number of benzene rings is 1. The number of carbonyl (C=O) groups is 2. The van der Waals surface area contributed by atoms with Crippen molar-refractivity contribution in [2.24, 2.45) is 5.92 Å². The molecule has 2 aromatic rings. The molecule has 1 aromatic heterocycles. The van der Waals surface area contributed by atoms with Crippen LogP contribution < -0.4 is 10.6 Å². The van der Waals surface area contributed by atoms with Crippen LogP contribution in [0.4, 0.5) is 0 Å². The summed E-state index contributed by atoms with van der Waals surface area (Å²) in [6, 6.07) is 9.52. The summed E-state index contributed by atoms with van der Waals surface area (Å²) in [6.07, 6.45) is 4.20. The molecule has 1 aromatic carbocycles. The topological polar surface area (TPSA) is 63.1 Å². The van der Waals surface area contributed by atoms with Gasteiger partial charge in [-0.25, -0.2) is 0 Å². The van der Waals surface area contributed by atoms with Gasteiger partial charge in [-0.3, -0.25) is 9.59 Å². The average molecular weight is 388 g/mol. The van der Waals surface area contributed by atoms with Gasteiger partial charge in [0.25, 0.3) is 5.91 Å². The van der Waals surface area contributed by atoms with Crippen LogP contribution in [0.15, 0.2) is 30.3 Å². The van der Waals surface area contributed by atoms with Crippen molar-refractivity contribution in [1.29, 1.82) is 0 Å². The molecule has 0 spiro atoms. The first kappa shape index (κ1) is 19.5. The highest BCUT2D eigenvalue weighted by Gasteiger charge is 2.22. The van der Waals surface area contributed by atoms with E-state index in [1.807, 2.05) is 32.0 Å².